The summed E-state index contributed by atoms with van der Waals surface area (Å²) in [5.41, 5.74) is 1.28. The maximum absolute atomic E-state index is 9.61. The van der Waals surface area contributed by atoms with E-state index in [9.17, 15) is 5.11 Å². The number of fused-ring (bicyclic) bond motifs is 1. The highest BCUT2D eigenvalue weighted by molar-refractivity contribution is 7.11. The number of aryl methyl sites for hydroxylation is 1. The molecule has 3 heteroatoms. The van der Waals surface area contributed by atoms with Gasteiger partial charge in [0.15, 0.2) is 0 Å². The average Bonchev–Trinajstić information content (AvgIpc) is 2.84. The third kappa shape index (κ3) is 1.83. The van der Waals surface area contributed by atoms with Gasteiger partial charge in [-0.25, -0.2) is 4.98 Å². The lowest BCUT2D eigenvalue weighted by Crippen LogP contribution is -2.17. The SMILES string of the molecule is OC1CCc2nc(C3CCCC3)sc2C1. The second-order valence-electron chi connectivity index (χ2n) is 4.80. The highest BCUT2D eigenvalue weighted by atomic mass is 32.1. The van der Waals surface area contributed by atoms with Crippen LogP contribution in [0.5, 0.6) is 0 Å². The summed E-state index contributed by atoms with van der Waals surface area (Å²) in [5.74, 6) is 0.734. The van der Waals surface area contributed by atoms with Crippen LogP contribution in [0.25, 0.3) is 0 Å². The molecule has 3 rings (SSSR count). The van der Waals surface area contributed by atoms with E-state index in [-0.39, 0.29) is 6.10 Å². The molecule has 1 unspecified atom stereocenters. The minimum Gasteiger partial charge on any atom is -0.393 e. The minimum atomic E-state index is -0.116. The van der Waals surface area contributed by atoms with Crippen LogP contribution in [0, 0.1) is 0 Å². The lowest BCUT2D eigenvalue weighted by Gasteiger charge is -2.14. The molecule has 1 atom stereocenters. The van der Waals surface area contributed by atoms with Crippen LogP contribution >= 0.6 is 11.3 Å². The normalized spacial score (nSPS) is 26.9. The zero-order valence-electron chi connectivity index (χ0n) is 8.91. The van der Waals surface area contributed by atoms with Crippen molar-refractivity contribution in [3.8, 4) is 0 Å². The average molecular weight is 223 g/mol. The molecule has 1 N–H and O–H groups in total. The molecule has 0 radical (unpaired) electrons. The Balaban J connectivity index is 1.85. The predicted molar refractivity (Wildman–Crippen MR) is 61.4 cm³/mol. The molecule has 0 aliphatic heterocycles. The van der Waals surface area contributed by atoms with Gasteiger partial charge < -0.3 is 5.11 Å². The second-order valence-corrected chi connectivity index (χ2v) is 5.92. The van der Waals surface area contributed by atoms with Crippen LogP contribution in [-0.2, 0) is 12.8 Å². The molecule has 1 aromatic heterocycles. The molecule has 1 heterocycles. The van der Waals surface area contributed by atoms with Gasteiger partial charge >= 0.3 is 0 Å². The van der Waals surface area contributed by atoms with Gasteiger partial charge in [-0.05, 0) is 25.7 Å². The Morgan fingerprint density at radius 1 is 1.20 bits per heavy atom. The van der Waals surface area contributed by atoms with Crippen molar-refractivity contribution in [2.24, 2.45) is 0 Å². The highest BCUT2D eigenvalue weighted by Crippen LogP contribution is 2.38. The number of nitrogens with zero attached hydrogens (tertiary/aromatic N) is 1. The fourth-order valence-electron chi connectivity index (χ4n) is 2.72. The number of hydrogen-bond acceptors (Lipinski definition) is 3. The Kier molecular flexibility index (Phi) is 2.53. The standard InChI is InChI=1S/C12H17NOS/c14-9-5-6-10-11(7-9)15-12(13-10)8-3-1-2-4-8/h8-9,14H,1-7H2. The van der Waals surface area contributed by atoms with Crippen molar-refractivity contribution in [2.45, 2.75) is 57.0 Å². The second kappa shape index (κ2) is 3.87. The maximum atomic E-state index is 9.61. The Bertz CT molecular complexity index is 355. The van der Waals surface area contributed by atoms with Crippen LogP contribution in [0.15, 0.2) is 0 Å². The number of aromatic nitrogens is 1. The first-order chi connectivity index (χ1) is 7.33. The van der Waals surface area contributed by atoms with Crippen molar-refractivity contribution in [1.82, 2.24) is 4.98 Å². The van der Waals surface area contributed by atoms with Crippen molar-refractivity contribution < 1.29 is 5.11 Å². The Hall–Kier alpha value is -0.410. The molecule has 1 aromatic rings. The molecule has 0 spiro atoms. The summed E-state index contributed by atoms with van der Waals surface area (Å²) < 4.78 is 0. The van der Waals surface area contributed by atoms with Crippen molar-refractivity contribution in [3.05, 3.63) is 15.6 Å². The summed E-state index contributed by atoms with van der Waals surface area (Å²) >= 11 is 1.87. The fraction of sp³-hybridized carbons (Fsp3) is 0.750. The third-order valence-electron chi connectivity index (χ3n) is 3.63. The van der Waals surface area contributed by atoms with Gasteiger partial charge in [0.1, 0.15) is 0 Å². The van der Waals surface area contributed by atoms with Crippen LogP contribution in [0.3, 0.4) is 0 Å². The van der Waals surface area contributed by atoms with E-state index >= 15 is 0 Å². The monoisotopic (exact) mass is 223 g/mol. The number of hydrogen-bond donors (Lipinski definition) is 1. The smallest absolute Gasteiger partial charge is 0.0962 e. The molecule has 1 fully saturated rings. The van der Waals surface area contributed by atoms with Crippen molar-refractivity contribution >= 4 is 11.3 Å². The van der Waals surface area contributed by atoms with E-state index in [1.165, 1.54) is 41.3 Å². The number of aliphatic hydroxyl groups excluding tert-OH is 1. The van der Waals surface area contributed by atoms with Gasteiger partial charge in [-0.3, -0.25) is 0 Å². The first-order valence-electron chi connectivity index (χ1n) is 5.99. The topological polar surface area (TPSA) is 33.1 Å². The van der Waals surface area contributed by atoms with Gasteiger partial charge in [-0.15, -0.1) is 11.3 Å². The fourth-order valence-corrected chi connectivity index (χ4v) is 4.08. The van der Waals surface area contributed by atoms with E-state index in [0.717, 1.165) is 25.2 Å². The summed E-state index contributed by atoms with van der Waals surface area (Å²) in [4.78, 5) is 6.13. The predicted octanol–water partition coefficient (Wildman–Crippen LogP) is 2.65. The summed E-state index contributed by atoms with van der Waals surface area (Å²) in [5, 5.41) is 11.0. The summed E-state index contributed by atoms with van der Waals surface area (Å²) in [6.07, 6.45) is 8.02. The van der Waals surface area contributed by atoms with Crippen LogP contribution in [0.2, 0.25) is 0 Å². The number of aliphatic hydroxyl groups is 1. The quantitative estimate of drug-likeness (QED) is 0.794. The molecule has 0 saturated heterocycles. The van der Waals surface area contributed by atoms with Gasteiger partial charge in [0.2, 0.25) is 0 Å². The van der Waals surface area contributed by atoms with Gasteiger partial charge in [-0.1, -0.05) is 12.8 Å². The molecular formula is C12H17NOS. The molecular weight excluding hydrogens is 206 g/mol. The first-order valence-corrected chi connectivity index (χ1v) is 6.81. The Morgan fingerprint density at radius 2 is 2.00 bits per heavy atom. The molecule has 0 aromatic carbocycles. The highest BCUT2D eigenvalue weighted by Gasteiger charge is 2.25. The molecule has 1 saturated carbocycles. The van der Waals surface area contributed by atoms with Gasteiger partial charge in [0, 0.05) is 17.2 Å². The molecule has 15 heavy (non-hydrogen) atoms. The third-order valence-corrected chi connectivity index (χ3v) is 4.92. The largest absolute Gasteiger partial charge is 0.393 e. The van der Waals surface area contributed by atoms with Crippen molar-refractivity contribution in [1.29, 1.82) is 0 Å². The van der Waals surface area contributed by atoms with Crippen molar-refractivity contribution in [3.63, 3.8) is 0 Å². The van der Waals surface area contributed by atoms with Crippen LogP contribution in [0.4, 0.5) is 0 Å². The van der Waals surface area contributed by atoms with E-state index < -0.39 is 0 Å². The van der Waals surface area contributed by atoms with E-state index in [1.54, 1.807) is 0 Å². The van der Waals surface area contributed by atoms with Crippen molar-refractivity contribution in [2.75, 3.05) is 0 Å². The van der Waals surface area contributed by atoms with E-state index in [4.69, 9.17) is 4.98 Å². The van der Waals surface area contributed by atoms with Crippen LogP contribution < -0.4 is 0 Å². The zero-order valence-corrected chi connectivity index (χ0v) is 9.72. The van der Waals surface area contributed by atoms with E-state index in [2.05, 4.69) is 0 Å². The maximum Gasteiger partial charge on any atom is 0.0962 e. The van der Waals surface area contributed by atoms with E-state index in [1.807, 2.05) is 11.3 Å². The Morgan fingerprint density at radius 3 is 2.80 bits per heavy atom. The van der Waals surface area contributed by atoms with Crippen LogP contribution in [-0.4, -0.2) is 16.2 Å². The zero-order chi connectivity index (χ0) is 10.3. The summed E-state index contributed by atoms with van der Waals surface area (Å²) in [7, 11) is 0. The lowest BCUT2D eigenvalue weighted by atomic mass is 10.0. The molecule has 82 valence electrons. The summed E-state index contributed by atoms with van der Waals surface area (Å²) in [6.45, 7) is 0. The molecule has 2 aliphatic rings. The summed E-state index contributed by atoms with van der Waals surface area (Å²) in [6, 6.07) is 0. The molecule has 2 aliphatic carbocycles. The molecule has 0 bridgehead atoms. The van der Waals surface area contributed by atoms with Crippen LogP contribution in [0.1, 0.15) is 53.6 Å². The van der Waals surface area contributed by atoms with Gasteiger partial charge in [0.25, 0.3) is 0 Å². The van der Waals surface area contributed by atoms with E-state index in [0.29, 0.717) is 0 Å². The van der Waals surface area contributed by atoms with Gasteiger partial charge in [0.05, 0.1) is 16.8 Å². The lowest BCUT2D eigenvalue weighted by molar-refractivity contribution is 0.159. The number of thiazole rings is 1. The molecule has 2 nitrogen and oxygen atoms in total. The molecule has 0 amide bonds. The number of rotatable bonds is 1. The first kappa shape index (κ1) is 9.79. The minimum absolute atomic E-state index is 0.116. The van der Waals surface area contributed by atoms with Gasteiger partial charge in [-0.2, -0.15) is 0 Å². The Labute approximate surface area is 94.4 Å².